The van der Waals surface area contributed by atoms with E-state index in [1.165, 1.54) is 5.56 Å². The van der Waals surface area contributed by atoms with E-state index in [2.05, 4.69) is 22.8 Å². The molecule has 2 aliphatic rings. The SMILES string of the molecule is COc1ccc(C2CCNCC2NC(=O)[C@@H]2CC[C@H](CN)O2)cc1. The van der Waals surface area contributed by atoms with Crippen LogP contribution in [-0.4, -0.2) is 50.9 Å². The molecule has 4 N–H and O–H groups in total. The molecule has 2 unspecified atom stereocenters. The van der Waals surface area contributed by atoms with E-state index in [0.717, 1.165) is 38.1 Å². The summed E-state index contributed by atoms with van der Waals surface area (Å²) >= 11 is 0. The molecular weight excluding hydrogens is 306 g/mol. The molecule has 0 saturated carbocycles. The smallest absolute Gasteiger partial charge is 0.249 e. The summed E-state index contributed by atoms with van der Waals surface area (Å²) < 4.78 is 10.9. The summed E-state index contributed by atoms with van der Waals surface area (Å²) in [5.74, 6) is 1.13. The summed E-state index contributed by atoms with van der Waals surface area (Å²) in [6.07, 6.45) is 2.26. The molecule has 6 heteroatoms. The van der Waals surface area contributed by atoms with E-state index in [9.17, 15) is 4.79 Å². The van der Waals surface area contributed by atoms with E-state index in [4.69, 9.17) is 15.2 Å². The van der Waals surface area contributed by atoms with Gasteiger partial charge in [-0.1, -0.05) is 12.1 Å². The number of hydrogen-bond donors (Lipinski definition) is 3. The quantitative estimate of drug-likeness (QED) is 0.741. The average molecular weight is 333 g/mol. The number of methoxy groups -OCH3 is 1. The summed E-state index contributed by atoms with van der Waals surface area (Å²) in [7, 11) is 1.67. The molecule has 4 atom stereocenters. The Hall–Kier alpha value is -1.63. The molecular formula is C18H27N3O3. The van der Waals surface area contributed by atoms with E-state index in [0.29, 0.717) is 12.5 Å². The molecule has 1 aromatic rings. The van der Waals surface area contributed by atoms with Crippen molar-refractivity contribution in [2.75, 3.05) is 26.7 Å². The Morgan fingerprint density at radius 3 is 2.79 bits per heavy atom. The van der Waals surface area contributed by atoms with Gasteiger partial charge in [-0.25, -0.2) is 0 Å². The zero-order chi connectivity index (χ0) is 16.9. The van der Waals surface area contributed by atoms with Crippen molar-refractivity contribution in [1.82, 2.24) is 10.6 Å². The minimum atomic E-state index is -0.364. The van der Waals surface area contributed by atoms with Gasteiger partial charge in [-0.05, 0) is 43.5 Å². The third-order valence-corrected chi connectivity index (χ3v) is 5.02. The van der Waals surface area contributed by atoms with Gasteiger partial charge < -0.3 is 25.8 Å². The largest absolute Gasteiger partial charge is 0.497 e. The monoisotopic (exact) mass is 333 g/mol. The van der Waals surface area contributed by atoms with Crippen LogP contribution in [0.15, 0.2) is 24.3 Å². The maximum atomic E-state index is 12.5. The predicted molar refractivity (Wildman–Crippen MR) is 92.1 cm³/mol. The van der Waals surface area contributed by atoms with Crippen LogP contribution in [0.25, 0.3) is 0 Å². The molecule has 2 heterocycles. The first-order chi connectivity index (χ1) is 11.7. The second-order valence-electron chi connectivity index (χ2n) is 6.55. The summed E-state index contributed by atoms with van der Waals surface area (Å²) in [6.45, 7) is 2.21. The number of benzene rings is 1. The summed E-state index contributed by atoms with van der Waals surface area (Å²) in [6, 6.07) is 8.19. The minimum Gasteiger partial charge on any atom is -0.497 e. The van der Waals surface area contributed by atoms with Crippen LogP contribution in [0.2, 0.25) is 0 Å². The number of ether oxygens (including phenoxy) is 2. The number of amides is 1. The molecule has 3 rings (SSSR count). The third-order valence-electron chi connectivity index (χ3n) is 5.02. The molecule has 0 radical (unpaired) electrons. The second-order valence-corrected chi connectivity index (χ2v) is 6.55. The third kappa shape index (κ3) is 3.88. The van der Waals surface area contributed by atoms with Gasteiger partial charge in [0, 0.05) is 25.0 Å². The fourth-order valence-electron chi connectivity index (χ4n) is 3.61. The Bertz CT molecular complexity index is 549. The van der Waals surface area contributed by atoms with Crippen molar-refractivity contribution in [3.05, 3.63) is 29.8 Å². The Balaban J connectivity index is 1.64. The van der Waals surface area contributed by atoms with Gasteiger partial charge in [0.25, 0.3) is 0 Å². The summed E-state index contributed by atoms with van der Waals surface area (Å²) in [5, 5.41) is 6.56. The van der Waals surface area contributed by atoms with Crippen LogP contribution in [0.1, 0.15) is 30.7 Å². The summed E-state index contributed by atoms with van der Waals surface area (Å²) in [4.78, 5) is 12.5. The van der Waals surface area contributed by atoms with Crippen molar-refractivity contribution >= 4 is 5.91 Å². The van der Waals surface area contributed by atoms with Gasteiger partial charge >= 0.3 is 0 Å². The molecule has 6 nitrogen and oxygen atoms in total. The van der Waals surface area contributed by atoms with Crippen molar-refractivity contribution in [2.24, 2.45) is 5.73 Å². The lowest BCUT2D eigenvalue weighted by molar-refractivity contribution is -0.132. The zero-order valence-electron chi connectivity index (χ0n) is 14.2. The van der Waals surface area contributed by atoms with Gasteiger partial charge in [-0.2, -0.15) is 0 Å². The van der Waals surface area contributed by atoms with Crippen LogP contribution < -0.4 is 21.1 Å². The number of nitrogens with one attached hydrogen (secondary N) is 2. The van der Waals surface area contributed by atoms with Crippen molar-refractivity contribution in [3.8, 4) is 5.75 Å². The first-order valence-corrected chi connectivity index (χ1v) is 8.72. The molecule has 2 aliphatic heterocycles. The predicted octanol–water partition coefficient (Wildman–Crippen LogP) is 0.763. The van der Waals surface area contributed by atoms with Crippen LogP contribution in [0.3, 0.4) is 0 Å². The normalized spacial score (nSPS) is 30.1. The summed E-state index contributed by atoms with van der Waals surface area (Å²) in [5.41, 5.74) is 6.86. The van der Waals surface area contributed by atoms with Gasteiger partial charge in [0.15, 0.2) is 0 Å². The highest BCUT2D eigenvalue weighted by atomic mass is 16.5. The van der Waals surface area contributed by atoms with E-state index >= 15 is 0 Å². The Labute approximate surface area is 143 Å². The molecule has 132 valence electrons. The first kappa shape index (κ1) is 17.2. The molecule has 0 spiro atoms. The standard InChI is InChI=1S/C18H27N3O3/c1-23-13-4-2-12(3-5-13)15-8-9-20-11-16(15)21-18(22)17-7-6-14(10-19)24-17/h2-5,14-17,20H,6-11,19H2,1H3,(H,21,22)/t14-,15?,16?,17+/m1/s1. The van der Waals surface area contributed by atoms with E-state index < -0.39 is 0 Å². The number of nitrogens with two attached hydrogens (primary N) is 1. The average Bonchev–Trinajstić information content (AvgIpc) is 3.12. The number of carbonyl (C=O) groups excluding carboxylic acids is 1. The molecule has 24 heavy (non-hydrogen) atoms. The minimum absolute atomic E-state index is 0.0156. The maximum absolute atomic E-state index is 12.5. The van der Waals surface area contributed by atoms with Crippen molar-refractivity contribution in [3.63, 3.8) is 0 Å². The highest BCUT2D eigenvalue weighted by molar-refractivity contribution is 5.81. The van der Waals surface area contributed by atoms with Crippen LogP contribution in [0.4, 0.5) is 0 Å². The first-order valence-electron chi connectivity index (χ1n) is 8.72. The van der Waals surface area contributed by atoms with Gasteiger partial charge in [0.2, 0.25) is 5.91 Å². The van der Waals surface area contributed by atoms with Crippen LogP contribution in [0.5, 0.6) is 5.75 Å². The lowest BCUT2D eigenvalue weighted by Crippen LogP contribution is -2.52. The molecule has 2 saturated heterocycles. The fraction of sp³-hybridized carbons (Fsp3) is 0.611. The fourth-order valence-corrected chi connectivity index (χ4v) is 3.61. The van der Waals surface area contributed by atoms with Crippen LogP contribution in [-0.2, 0) is 9.53 Å². The highest BCUT2D eigenvalue weighted by Gasteiger charge is 2.34. The Morgan fingerprint density at radius 1 is 1.33 bits per heavy atom. The van der Waals surface area contributed by atoms with Crippen molar-refractivity contribution < 1.29 is 14.3 Å². The lowest BCUT2D eigenvalue weighted by atomic mass is 9.86. The van der Waals surface area contributed by atoms with Crippen LogP contribution in [0, 0.1) is 0 Å². The molecule has 0 aliphatic carbocycles. The van der Waals surface area contributed by atoms with Crippen LogP contribution >= 0.6 is 0 Å². The number of piperidine rings is 1. The second kappa shape index (κ2) is 7.96. The molecule has 0 bridgehead atoms. The molecule has 0 aromatic heterocycles. The van der Waals surface area contributed by atoms with E-state index in [1.54, 1.807) is 7.11 Å². The molecule has 1 amide bonds. The topological polar surface area (TPSA) is 85.6 Å². The zero-order valence-corrected chi connectivity index (χ0v) is 14.2. The van der Waals surface area contributed by atoms with E-state index in [-0.39, 0.29) is 24.2 Å². The highest BCUT2D eigenvalue weighted by Crippen LogP contribution is 2.28. The van der Waals surface area contributed by atoms with Gasteiger partial charge in [0.05, 0.1) is 13.2 Å². The number of carbonyl (C=O) groups is 1. The van der Waals surface area contributed by atoms with E-state index in [1.807, 2.05) is 12.1 Å². The molecule has 2 fully saturated rings. The van der Waals surface area contributed by atoms with Gasteiger partial charge in [0.1, 0.15) is 11.9 Å². The number of hydrogen-bond acceptors (Lipinski definition) is 5. The van der Waals surface area contributed by atoms with Crippen molar-refractivity contribution in [2.45, 2.75) is 43.4 Å². The Kier molecular flexibility index (Phi) is 5.71. The van der Waals surface area contributed by atoms with Gasteiger partial charge in [-0.3, -0.25) is 4.79 Å². The Morgan fingerprint density at radius 2 is 2.12 bits per heavy atom. The van der Waals surface area contributed by atoms with Gasteiger partial charge in [-0.15, -0.1) is 0 Å². The maximum Gasteiger partial charge on any atom is 0.249 e. The van der Waals surface area contributed by atoms with Crippen molar-refractivity contribution in [1.29, 1.82) is 0 Å². The number of rotatable bonds is 5. The lowest BCUT2D eigenvalue weighted by Gasteiger charge is -2.34. The molecule has 1 aromatic carbocycles.